The van der Waals surface area contributed by atoms with E-state index < -0.39 is 0 Å². The number of hydrogen-bond donors (Lipinski definition) is 2. The van der Waals surface area contributed by atoms with E-state index in [2.05, 4.69) is 10.2 Å². The van der Waals surface area contributed by atoms with E-state index in [1.807, 2.05) is 26.2 Å². The van der Waals surface area contributed by atoms with Gasteiger partial charge in [0.2, 0.25) is 0 Å². The van der Waals surface area contributed by atoms with E-state index in [0.29, 0.717) is 32.8 Å². The molecule has 2 heterocycles. The van der Waals surface area contributed by atoms with Gasteiger partial charge >= 0.3 is 6.03 Å². The number of nitrogens with one attached hydrogen (secondary N) is 1. The Hall–Kier alpha value is -1.22. The summed E-state index contributed by atoms with van der Waals surface area (Å²) in [5.74, 6) is 3.61. The predicted molar refractivity (Wildman–Crippen MR) is 96.0 cm³/mol. The summed E-state index contributed by atoms with van der Waals surface area (Å²) in [5, 5.41) is 2.95. The summed E-state index contributed by atoms with van der Waals surface area (Å²) in [6, 6.07) is 4.00. The van der Waals surface area contributed by atoms with Gasteiger partial charge in [-0.25, -0.2) is 4.79 Å². The second-order valence-corrected chi connectivity index (χ2v) is 7.17. The van der Waals surface area contributed by atoms with Crippen LogP contribution in [0.15, 0.2) is 16.5 Å². The van der Waals surface area contributed by atoms with Crippen molar-refractivity contribution >= 4 is 17.8 Å². The van der Waals surface area contributed by atoms with Crippen molar-refractivity contribution in [3.05, 3.63) is 23.7 Å². The molecule has 24 heavy (non-hydrogen) atoms. The Bertz CT molecular complexity index is 509. The van der Waals surface area contributed by atoms with Crippen LogP contribution in [0.25, 0.3) is 0 Å². The summed E-state index contributed by atoms with van der Waals surface area (Å²) < 4.78 is 11.2. The molecule has 0 bridgehead atoms. The lowest BCUT2D eigenvalue weighted by atomic mass is 10.3. The number of thioether (sulfide) groups is 1. The zero-order valence-electron chi connectivity index (χ0n) is 14.5. The molecule has 0 spiro atoms. The maximum absolute atomic E-state index is 12.1. The SMILES string of the molecule is CN(C)Cc1ccc(CSCCNC(=O)N2CCO[C@H](CN)C2)o1. The molecule has 1 aromatic rings. The average Bonchev–Trinajstić information content (AvgIpc) is 3.01. The van der Waals surface area contributed by atoms with Gasteiger partial charge in [-0.3, -0.25) is 0 Å². The maximum atomic E-state index is 12.1. The minimum atomic E-state index is -0.0470. The van der Waals surface area contributed by atoms with Crippen LogP contribution in [0.2, 0.25) is 0 Å². The van der Waals surface area contributed by atoms with Crippen molar-refractivity contribution < 1.29 is 13.9 Å². The molecule has 0 saturated carbocycles. The molecule has 1 aliphatic heterocycles. The third kappa shape index (κ3) is 6.35. The minimum Gasteiger partial charge on any atom is -0.464 e. The zero-order chi connectivity index (χ0) is 17.4. The van der Waals surface area contributed by atoms with Gasteiger partial charge in [0, 0.05) is 31.9 Å². The molecule has 1 fully saturated rings. The zero-order valence-corrected chi connectivity index (χ0v) is 15.3. The number of ether oxygens (including phenoxy) is 1. The van der Waals surface area contributed by atoms with Crippen LogP contribution in [-0.4, -0.2) is 74.6 Å². The highest BCUT2D eigenvalue weighted by atomic mass is 32.2. The first-order valence-electron chi connectivity index (χ1n) is 8.23. The number of hydrogen-bond acceptors (Lipinski definition) is 6. The van der Waals surface area contributed by atoms with Gasteiger partial charge in [0.15, 0.2) is 0 Å². The number of furan rings is 1. The van der Waals surface area contributed by atoms with Crippen molar-refractivity contribution in [2.75, 3.05) is 52.6 Å². The first kappa shape index (κ1) is 19.1. The Morgan fingerprint density at radius 3 is 3.00 bits per heavy atom. The van der Waals surface area contributed by atoms with Crippen LogP contribution < -0.4 is 11.1 Å². The van der Waals surface area contributed by atoms with E-state index >= 15 is 0 Å². The van der Waals surface area contributed by atoms with Crippen molar-refractivity contribution in [2.45, 2.75) is 18.4 Å². The number of carbonyl (C=O) groups excluding carboxylic acids is 1. The summed E-state index contributed by atoms with van der Waals surface area (Å²) in [4.78, 5) is 15.9. The second-order valence-electron chi connectivity index (χ2n) is 6.06. The van der Waals surface area contributed by atoms with Crippen molar-refractivity contribution in [3.8, 4) is 0 Å². The van der Waals surface area contributed by atoms with Gasteiger partial charge in [-0.1, -0.05) is 0 Å². The molecule has 2 rings (SSSR count). The molecule has 1 saturated heterocycles. The van der Waals surface area contributed by atoms with Crippen molar-refractivity contribution in [2.24, 2.45) is 5.73 Å². The molecule has 3 N–H and O–H groups in total. The number of morpholine rings is 1. The third-order valence-corrected chi connectivity index (χ3v) is 4.63. The van der Waals surface area contributed by atoms with Crippen LogP contribution in [-0.2, 0) is 17.0 Å². The van der Waals surface area contributed by atoms with Gasteiger partial charge in [0.1, 0.15) is 11.5 Å². The van der Waals surface area contributed by atoms with E-state index in [0.717, 1.165) is 29.6 Å². The number of urea groups is 1. The van der Waals surface area contributed by atoms with Crippen LogP contribution >= 0.6 is 11.8 Å². The quantitative estimate of drug-likeness (QED) is 0.675. The molecule has 7 nitrogen and oxygen atoms in total. The van der Waals surface area contributed by atoms with Crippen molar-refractivity contribution in [1.82, 2.24) is 15.1 Å². The summed E-state index contributed by atoms with van der Waals surface area (Å²) in [7, 11) is 4.04. The van der Waals surface area contributed by atoms with Gasteiger partial charge in [-0.2, -0.15) is 11.8 Å². The van der Waals surface area contributed by atoms with Crippen LogP contribution in [0.4, 0.5) is 4.79 Å². The van der Waals surface area contributed by atoms with E-state index in [1.54, 1.807) is 16.7 Å². The lowest BCUT2D eigenvalue weighted by Crippen LogP contribution is -2.51. The number of carbonyl (C=O) groups is 1. The first-order valence-corrected chi connectivity index (χ1v) is 9.38. The predicted octanol–water partition coefficient (Wildman–Crippen LogP) is 0.944. The summed E-state index contributed by atoms with van der Waals surface area (Å²) in [6.07, 6.45) is -0.0470. The van der Waals surface area contributed by atoms with Crippen LogP contribution in [0.1, 0.15) is 11.5 Å². The summed E-state index contributed by atoms with van der Waals surface area (Å²) in [6.45, 7) is 3.63. The van der Waals surface area contributed by atoms with E-state index in [-0.39, 0.29) is 12.1 Å². The lowest BCUT2D eigenvalue weighted by molar-refractivity contribution is -0.00850. The Kier molecular flexibility index (Phi) is 7.90. The fourth-order valence-electron chi connectivity index (χ4n) is 2.46. The largest absolute Gasteiger partial charge is 0.464 e. The molecule has 0 aliphatic carbocycles. The Morgan fingerprint density at radius 2 is 2.25 bits per heavy atom. The fourth-order valence-corrected chi connectivity index (χ4v) is 3.20. The topological polar surface area (TPSA) is 84.0 Å². The normalized spacial score (nSPS) is 18.2. The Balaban J connectivity index is 1.59. The van der Waals surface area contributed by atoms with Crippen LogP contribution in [0.5, 0.6) is 0 Å². The summed E-state index contributed by atoms with van der Waals surface area (Å²) in [5.41, 5.74) is 5.59. The molecule has 1 aromatic heterocycles. The molecule has 8 heteroatoms. The maximum Gasteiger partial charge on any atom is 0.317 e. The van der Waals surface area contributed by atoms with E-state index in [9.17, 15) is 4.79 Å². The molecule has 1 aliphatic rings. The Morgan fingerprint density at radius 1 is 1.46 bits per heavy atom. The highest BCUT2D eigenvalue weighted by Gasteiger charge is 2.22. The van der Waals surface area contributed by atoms with Gasteiger partial charge < -0.3 is 30.0 Å². The monoisotopic (exact) mass is 356 g/mol. The average molecular weight is 356 g/mol. The molecule has 136 valence electrons. The third-order valence-electron chi connectivity index (χ3n) is 3.65. The highest BCUT2D eigenvalue weighted by molar-refractivity contribution is 7.98. The molecule has 0 aromatic carbocycles. The molecule has 0 unspecified atom stereocenters. The molecular formula is C16H28N4O3S. The smallest absolute Gasteiger partial charge is 0.317 e. The number of nitrogens with zero attached hydrogens (tertiary/aromatic N) is 2. The molecule has 2 amide bonds. The van der Waals surface area contributed by atoms with Crippen molar-refractivity contribution in [3.63, 3.8) is 0 Å². The summed E-state index contributed by atoms with van der Waals surface area (Å²) >= 11 is 1.75. The number of nitrogens with two attached hydrogens (primary N) is 1. The Labute approximate surface area is 147 Å². The van der Waals surface area contributed by atoms with E-state index in [4.69, 9.17) is 14.9 Å². The molecular weight excluding hydrogens is 328 g/mol. The fraction of sp³-hybridized carbons (Fsp3) is 0.688. The van der Waals surface area contributed by atoms with Crippen LogP contribution in [0.3, 0.4) is 0 Å². The van der Waals surface area contributed by atoms with Gasteiger partial charge in [0.05, 0.1) is 25.0 Å². The second kappa shape index (κ2) is 9.93. The minimum absolute atomic E-state index is 0.0383. The molecule has 1 atom stereocenters. The standard InChI is InChI=1S/C16H28N4O3S/c1-19(2)10-13-3-4-14(23-13)12-24-8-5-18-16(21)20-6-7-22-15(9-17)11-20/h3-4,15H,5-12,17H2,1-2H3,(H,18,21)/t15-/m1/s1. The van der Waals surface area contributed by atoms with Crippen LogP contribution in [0, 0.1) is 0 Å². The van der Waals surface area contributed by atoms with Crippen molar-refractivity contribution in [1.29, 1.82) is 0 Å². The van der Waals surface area contributed by atoms with E-state index in [1.165, 1.54) is 0 Å². The van der Waals surface area contributed by atoms with Gasteiger partial charge in [-0.05, 0) is 26.2 Å². The lowest BCUT2D eigenvalue weighted by Gasteiger charge is -2.32. The number of rotatable bonds is 8. The highest BCUT2D eigenvalue weighted by Crippen LogP contribution is 2.16. The van der Waals surface area contributed by atoms with Gasteiger partial charge in [0.25, 0.3) is 0 Å². The van der Waals surface area contributed by atoms with Gasteiger partial charge in [-0.15, -0.1) is 0 Å². The first-order chi connectivity index (χ1) is 11.6. The number of amides is 2. The molecule has 0 radical (unpaired) electrons.